The number of carbonyl (C=O) groups excluding carboxylic acids is 1. The third-order valence-corrected chi connectivity index (χ3v) is 3.26. The topological polar surface area (TPSA) is 57.7 Å². The number of nitrogens with zero attached hydrogens (tertiary/aromatic N) is 1. The second-order valence-electron chi connectivity index (χ2n) is 5.00. The standard InChI is InChI=1S/C18H19F2NO4/c1-3-23-17(18(22)24-4-2)16-14(19)9-13(10-15(16)20)25-11-12-7-5-6-8-21-12/h5-10,17H,3-4,11H2,1-2H3. The Bertz CT molecular complexity index is 686. The average molecular weight is 351 g/mol. The highest BCUT2D eigenvalue weighted by molar-refractivity contribution is 5.76. The lowest BCUT2D eigenvalue weighted by Gasteiger charge is -2.18. The molecule has 0 aliphatic heterocycles. The predicted octanol–water partition coefficient (Wildman–Crippen LogP) is 3.58. The van der Waals surface area contributed by atoms with E-state index in [4.69, 9.17) is 14.2 Å². The molecule has 5 nitrogen and oxygen atoms in total. The molecule has 0 radical (unpaired) electrons. The Kier molecular flexibility index (Phi) is 6.82. The molecule has 7 heteroatoms. The molecule has 0 bridgehead atoms. The van der Waals surface area contributed by atoms with E-state index in [2.05, 4.69) is 4.98 Å². The molecule has 0 aliphatic carbocycles. The highest BCUT2D eigenvalue weighted by Crippen LogP contribution is 2.29. The van der Waals surface area contributed by atoms with Gasteiger partial charge in [-0.25, -0.2) is 13.6 Å². The van der Waals surface area contributed by atoms with E-state index in [1.54, 1.807) is 38.2 Å². The van der Waals surface area contributed by atoms with Crippen molar-refractivity contribution in [2.45, 2.75) is 26.6 Å². The highest BCUT2D eigenvalue weighted by Gasteiger charge is 2.29. The van der Waals surface area contributed by atoms with Gasteiger partial charge in [0.2, 0.25) is 0 Å². The Labute approximate surface area is 144 Å². The van der Waals surface area contributed by atoms with Crippen molar-refractivity contribution in [1.29, 1.82) is 0 Å². The second kappa shape index (κ2) is 9.08. The Morgan fingerprint density at radius 2 is 1.88 bits per heavy atom. The van der Waals surface area contributed by atoms with Crippen LogP contribution in [0.15, 0.2) is 36.5 Å². The van der Waals surface area contributed by atoms with Gasteiger partial charge in [-0.2, -0.15) is 0 Å². The number of aromatic nitrogens is 1. The van der Waals surface area contributed by atoms with Crippen molar-refractivity contribution >= 4 is 5.97 Å². The molecule has 0 fully saturated rings. The number of carbonyl (C=O) groups is 1. The van der Waals surface area contributed by atoms with Crippen LogP contribution < -0.4 is 4.74 Å². The van der Waals surface area contributed by atoms with Gasteiger partial charge in [0, 0.05) is 24.9 Å². The normalized spacial score (nSPS) is 11.8. The number of hydrogen-bond donors (Lipinski definition) is 0. The molecule has 1 heterocycles. The zero-order valence-corrected chi connectivity index (χ0v) is 14.0. The Morgan fingerprint density at radius 1 is 1.16 bits per heavy atom. The van der Waals surface area contributed by atoms with Crippen LogP contribution in [0.2, 0.25) is 0 Å². The van der Waals surface area contributed by atoms with Gasteiger partial charge in [-0.05, 0) is 26.0 Å². The van der Waals surface area contributed by atoms with E-state index < -0.39 is 29.3 Å². The molecule has 2 aromatic rings. The minimum atomic E-state index is -1.46. The van der Waals surface area contributed by atoms with Crippen LogP contribution in [0.3, 0.4) is 0 Å². The van der Waals surface area contributed by atoms with Crippen LogP contribution in [0.1, 0.15) is 31.2 Å². The first-order valence-corrected chi connectivity index (χ1v) is 7.86. The number of rotatable bonds is 8. The van der Waals surface area contributed by atoms with Crippen molar-refractivity contribution in [3.05, 3.63) is 59.4 Å². The summed E-state index contributed by atoms with van der Waals surface area (Å²) in [5.41, 5.74) is 0.122. The van der Waals surface area contributed by atoms with Gasteiger partial charge in [0.15, 0.2) is 6.10 Å². The van der Waals surface area contributed by atoms with Crippen LogP contribution in [0.5, 0.6) is 5.75 Å². The molecule has 1 aromatic carbocycles. The van der Waals surface area contributed by atoms with Gasteiger partial charge in [-0.1, -0.05) is 6.07 Å². The minimum Gasteiger partial charge on any atom is -0.487 e. The molecule has 25 heavy (non-hydrogen) atoms. The maximum atomic E-state index is 14.4. The van der Waals surface area contributed by atoms with E-state index in [1.165, 1.54) is 0 Å². The third-order valence-electron chi connectivity index (χ3n) is 3.26. The van der Waals surface area contributed by atoms with Crippen molar-refractivity contribution in [3.8, 4) is 5.75 Å². The van der Waals surface area contributed by atoms with Crippen molar-refractivity contribution in [2.24, 2.45) is 0 Å². The van der Waals surface area contributed by atoms with E-state index in [9.17, 15) is 13.6 Å². The van der Waals surface area contributed by atoms with Gasteiger partial charge in [-0.15, -0.1) is 0 Å². The Balaban J connectivity index is 2.21. The molecule has 0 aliphatic rings. The van der Waals surface area contributed by atoms with Crippen molar-refractivity contribution in [1.82, 2.24) is 4.98 Å². The fourth-order valence-electron chi connectivity index (χ4n) is 2.19. The summed E-state index contributed by atoms with van der Waals surface area (Å²) in [4.78, 5) is 16.0. The zero-order chi connectivity index (χ0) is 18.2. The molecular formula is C18H19F2NO4. The first-order valence-electron chi connectivity index (χ1n) is 7.86. The fraction of sp³-hybridized carbons (Fsp3) is 0.333. The molecular weight excluding hydrogens is 332 g/mol. The molecule has 0 saturated heterocycles. The third kappa shape index (κ3) is 4.96. The molecule has 0 N–H and O–H groups in total. The SMILES string of the molecule is CCOC(=O)C(OCC)c1c(F)cc(OCc2ccccn2)cc1F. The Morgan fingerprint density at radius 3 is 2.44 bits per heavy atom. The molecule has 0 amide bonds. The number of ether oxygens (including phenoxy) is 3. The van der Waals surface area contributed by atoms with Crippen LogP contribution in [-0.4, -0.2) is 24.2 Å². The van der Waals surface area contributed by atoms with Crippen LogP contribution in [0, 0.1) is 11.6 Å². The lowest BCUT2D eigenvalue weighted by molar-refractivity contribution is -0.157. The van der Waals surface area contributed by atoms with Gasteiger partial charge in [-0.3, -0.25) is 4.98 Å². The van der Waals surface area contributed by atoms with E-state index in [0.29, 0.717) is 5.69 Å². The first-order chi connectivity index (χ1) is 12.1. The number of halogens is 2. The van der Waals surface area contributed by atoms with Gasteiger partial charge in [0.05, 0.1) is 17.9 Å². The van der Waals surface area contributed by atoms with Crippen LogP contribution in [-0.2, 0) is 20.9 Å². The summed E-state index contributed by atoms with van der Waals surface area (Å²) in [5, 5.41) is 0. The lowest BCUT2D eigenvalue weighted by Crippen LogP contribution is -2.21. The van der Waals surface area contributed by atoms with E-state index >= 15 is 0 Å². The van der Waals surface area contributed by atoms with Crippen molar-refractivity contribution in [2.75, 3.05) is 13.2 Å². The minimum absolute atomic E-state index is 0.0106. The number of benzene rings is 1. The fourth-order valence-corrected chi connectivity index (χ4v) is 2.19. The largest absolute Gasteiger partial charge is 0.487 e. The summed E-state index contributed by atoms with van der Waals surface area (Å²) in [6.07, 6.45) is 0.129. The van der Waals surface area contributed by atoms with Crippen molar-refractivity contribution < 1.29 is 27.8 Å². The molecule has 2 rings (SSSR count). The quantitative estimate of drug-likeness (QED) is 0.681. The lowest BCUT2D eigenvalue weighted by atomic mass is 10.1. The summed E-state index contributed by atoms with van der Waals surface area (Å²) in [6, 6.07) is 7.27. The number of hydrogen-bond acceptors (Lipinski definition) is 5. The summed E-state index contributed by atoms with van der Waals surface area (Å²) in [5.74, 6) is -2.74. The van der Waals surface area contributed by atoms with Gasteiger partial charge in [0.25, 0.3) is 0 Å². The molecule has 1 aromatic heterocycles. The Hall–Kier alpha value is -2.54. The number of pyridine rings is 1. The van der Waals surface area contributed by atoms with Crippen molar-refractivity contribution in [3.63, 3.8) is 0 Å². The summed E-state index contributed by atoms with van der Waals surface area (Å²) in [6.45, 7) is 3.46. The van der Waals surface area contributed by atoms with E-state index in [0.717, 1.165) is 12.1 Å². The summed E-state index contributed by atoms with van der Waals surface area (Å²) >= 11 is 0. The smallest absolute Gasteiger partial charge is 0.340 e. The molecule has 0 spiro atoms. The molecule has 0 saturated carbocycles. The van der Waals surface area contributed by atoms with Crippen LogP contribution in [0.25, 0.3) is 0 Å². The maximum absolute atomic E-state index is 14.4. The van der Waals surface area contributed by atoms with Gasteiger partial charge >= 0.3 is 5.97 Å². The summed E-state index contributed by atoms with van der Waals surface area (Å²) < 4.78 is 44.1. The zero-order valence-electron chi connectivity index (χ0n) is 14.0. The second-order valence-corrected chi connectivity index (χ2v) is 5.00. The van der Waals surface area contributed by atoms with Crippen LogP contribution >= 0.6 is 0 Å². The monoisotopic (exact) mass is 351 g/mol. The summed E-state index contributed by atoms with van der Waals surface area (Å²) in [7, 11) is 0. The first kappa shape index (κ1) is 18.8. The molecule has 1 atom stereocenters. The predicted molar refractivity (Wildman–Crippen MR) is 85.9 cm³/mol. The van der Waals surface area contributed by atoms with Crippen LogP contribution in [0.4, 0.5) is 8.78 Å². The molecule has 1 unspecified atom stereocenters. The maximum Gasteiger partial charge on any atom is 0.340 e. The molecule has 134 valence electrons. The highest BCUT2D eigenvalue weighted by atomic mass is 19.1. The average Bonchev–Trinajstić information content (AvgIpc) is 2.60. The van der Waals surface area contributed by atoms with Gasteiger partial charge < -0.3 is 14.2 Å². The van der Waals surface area contributed by atoms with E-state index in [-0.39, 0.29) is 25.6 Å². The number of esters is 1. The van der Waals surface area contributed by atoms with E-state index in [1.807, 2.05) is 0 Å². The van der Waals surface area contributed by atoms with Gasteiger partial charge in [0.1, 0.15) is 24.0 Å².